The Morgan fingerprint density at radius 1 is 1.03 bits per heavy atom. The van der Waals surface area contributed by atoms with Crippen molar-refractivity contribution in [3.63, 3.8) is 0 Å². The van der Waals surface area contributed by atoms with Gasteiger partial charge in [-0.2, -0.15) is 0 Å². The number of carbonyl (C=O) groups is 3. The highest BCUT2D eigenvalue weighted by atomic mass is 16.5. The second kappa shape index (κ2) is 10.9. The summed E-state index contributed by atoms with van der Waals surface area (Å²) in [5.41, 5.74) is 3.67. The van der Waals surface area contributed by atoms with E-state index in [1.165, 1.54) is 19.8 Å². The molecule has 1 fully saturated rings. The van der Waals surface area contributed by atoms with Gasteiger partial charge in [0.15, 0.2) is 0 Å². The topological polar surface area (TPSA) is 92.7 Å². The van der Waals surface area contributed by atoms with E-state index >= 15 is 0 Å². The molecule has 3 amide bonds. The molecule has 1 atom stereocenters. The van der Waals surface area contributed by atoms with Gasteiger partial charge in [-0.05, 0) is 49.6 Å². The number of anilines is 1. The number of carbonyl (C=O) groups excluding carboxylic acids is 3. The fourth-order valence-corrected chi connectivity index (χ4v) is 5.79. The van der Waals surface area contributed by atoms with Crippen LogP contribution in [0.25, 0.3) is 10.9 Å². The molecule has 1 aromatic heterocycles. The first kappa shape index (κ1) is 25.8. The van der Waals surface area contributed by atoms with Gasteiger partial charge in [-0.25, -0.2) is 0 Å². The molecule has 2 heterocycles. The molecule has 1 saturated carbocycles. The van der Waals surface area contributed by atoms with Crippen molar-refractivity contribution in [2.45, 2.75) is 77.5 Å². The molecule has 2 aliphatic rings. The van der Waals surface area contributed by atoms with Gasteiger partial charge in [0.05, 0.1) is 24.9 Å². The number of aromatic nitrogens is 1. The molecular weight excluding hydrogens is 480 g/mol. The maximum Gasteiger partial charge on any atom is 0.273 e. The van der Waals surface area contributed by atoms with Gasteiger partial charge in [-0.15, -0.1) is 0 Å². The molecule has 2 N–H and O–H groups in total. The Balaban J connectivity index is 1.56. The normalized spacial score (nSPS) is 18.1. The summed E-state index contributed by atoms with van der Waals surface area (Å²) >= 11 is 0. The van der Waals surface area contributed by atoms with Crippen LogP contribution < -0.4 is 15.4 Å². The van der Waals surface area contributed by atoms with Gasteiger partial charge < -0.3 is 24.8 Å². The van der Waals surface area contributed by atoms with E-state index in [4.69, 9.17) is 4.74 Å². The zero-order chi connectivity index (χ0) is 26.8. The molecule has 1 aliphatic carbocycles. The first-order valence-electron chi connectivity index (χ1n) is 13.5. The van der Waals surface area contributed by atoms with Crippen molar-refractivity contribution in [2.75, 3.05) is 12.4 Å². The molecule has 3 aromatic rings. The SMILES string of the molecule is COc1ccc(CN2C(=O)c3c(NC(C)=O)c4cc(C)ccc4n3CC2C(=O)NC2CCCCCC2)cc1. The molecule has 2 aromatic carbocycles. The summed E-state index contributed by atoms with van der Waals surface area (Å²) in [5.74, 6) is 0.0829. The third-order valence-corrected chi connectivity index (χ3v) is 7.73. The van der Waals surface area contributed by atoms with Gasteiger partial charge in [-0.1, -0.05) is 49.4 Å². The number of hydrogen-bond donors (Lipinski definition) is 2. The minimum absolute atomic E-state index is 0.126. The van der Waals surface area contributed by atoms with E-state index in [2.05, 4.69) is 10.6 Å². The van der Waals surface area contributed by atoms with E-state index in [9.17, 15) is 14.4 Å². The van der Waals surface area contributed by atoms with E-state index in [-0.39, 0.29) is 30.3 Å². The van der Waals surface area contributed by atoms with Crippen LogP contribution in [0.15, 0.2) is 42.5 Å². The summed E-state index contributed by atoms with van der Waals surface area (Å²) in [7, 11) is 1.61. The van der Waals surface area contributed by atoms with Crippen LogP contribution in [0.1, 0.15) is 67.1 Å². The highest BCUT2D eigenvalue weighted by Crippen LogP contribution is 2.37. The maximum absolute atomic E-state index is 14.2. The molecule has 8 nitrogen and oxygen atoms in total. The van der Waals surface area contributed by atoms with Crippen LogP contribution in [0, 0.1) is 6.92 Å². The predicted octanol–water partition coefficient (Wildman–Crippen LogP) is 4.78. The minimum atomic E-state index is -0.678. The molecule has 1 unspecified atom stereocenters. The van der Waals surface area contributed by atoms with Crippen LogP contribution >= 0.6 is 0 Å². The molecule has 1 aliphatic heterocycles. The Hall–Kier alpha value is -3.81. The van der Waals surface area contributed by atoms with Crippen molar-refractivity contribution in [3.05, 3.63) is 59.3 Å². The lowest BCUT2D eigenvalue weighted by atomic mass is 10.1. The summed E-state index contributed by atoms with van der Waals surface area (Å²) < 4.78 is 7.20. The number of amides is 3. The van der Waals surface area contributed by atoms with E-state index < -0.39 is 6.04 Å². The molecule has 0 bridgehead atoms. The summed E-state index contributed by atoms with van der Waals surface area (Å²) in [5, 5.41) is 6.98. The van der Waals surface area contributed by atoms with Crippen LogP contribution in [-0.2, 0) is 22.7 Å². The number of nitrogens with one attached hydrogen (secondary N) is 2. The number of ether oxygens (including phenoxy) is 1. The average Bonchev–Trinajstić information content (AvgIpc) is 3.03. The molecule has 5 rings (SSSR count). The number of rotatable bonds is 6. The molecule has 0 saturated heterocycles. The van der Waals surface area contributed by atoms with Crippen molar-refractivity contribution in [1.29, 1.82) is 0 Å². The largest absolute Gasteiger partial charge is 0.497 e. The number of aryl methyl sites for hydroxylation is 1. The van der Waals surface area contributed by atoms with Crippen molar-refractivity contribution < 1.29 is 19.1 Å². The first-order chi connectivity index (χ1) is 18.4. The van der Waals surface area contributed by atoms with Crippen molar-refractivity contribution >= 4 is 34.3 Å². The van der Waals surface area contributed by atoms with Crippen molar-refractivity contribution in [1.82, 2.24) is 14.8 Å². The minimum Gasteiger partial charge on any atom is -0.497 e. The van der Waals surface area contributed by atoms with Gasteiger partial charge >= 0.3 is 0 Å². The number of nitrogens with zero attached hydrogens (tertiary/aromatic N) is 2. The molecule has 38 heavy (non-hydrogen) atoms. The Bertz CT molecular complexity index is 1350. The fourth-order valence-electron chi connectivity index (χ4n) is 5.79. The third-order valence-electron chi connectivity index (χ3n) is 7.73. The Kier molecular flexibility index (Phi) is 7.40. The van der Waals surface area contributed by atoms with Gasteiger partial charge in [0.25, 0.3) is 5.91 Å². The van der Waals surface area contributed by atoms with E-state index in [1.54, 1.807) is 12.0 Å². The second-order valence-corrected chi connectivity index (χ2v) is 10.5. The lowest BCUT2D eigenvalue weighted by molar-refractivity contribution is -0.127. The van der Waals surface area contributed by atoms with E-state index in [0.717, 1.165) is 53.5 Å². The molecule has 0 spiro atoms. The monoisotopic (exact) mass is 516 g/mol. The fraction of sp³-hybridized carbons (Fsp3) is 0.433. The lowest BCUT2D eigenvalue weighted by Gasteiger charge is -2.37. The Labute approximate surface area is 223 Å². The maximum atomic E-state index is 14.2. The van der Waals surface area contributed by atoms with Crippen molar-refractivity contribution in [2.24, 2.45) is 0 Å². The second-order valence-electron chi connectivity index (χ2n) is 10.5. The van der Waals surface area contributed by atoms with Gasteiger partial charge in [0.1, 0.15) is 17.5 Å². The average molecular weight is 517 g/mol. The predicted molar refractivity (Wildman–Crippen MR) is 147 cm³/mol. The zero-order valence-electron chi connectivity index (χ0n) is 22.4. The Morgan fingerprint density at radius 2 is 1.74 bits per heavy atom. The smallest absolute Gasteiger partial charge is 0.273 e. The van der Waals surface area contributed by atoms with E-state index in [0.29, 0.717) is 17.9 Å². The third kappa shape index (κ3) is 5.12. The summed E-state index contributed by atoms with van der Waals surface area (Å²) in [6.07, 6.45) is 6.54. The number of fused-ring (bicyclic) bond motifs is 3. The highest BCUT2D eigenvalue weighted by Gasteiger charge is 2.40. The van der Waals surface area contributed by atoms with Crippen LogP contribution in [0.3, 0.4) is 0 Å². The number of hydrogen-bond acceptors (Lipinski definition) is 4. The zero-order valence-corrected chi connectivity index (χ0v) is 22.4. The molecule has 0 radical (unpaired) electrons. The summed E-state index contributed by atoms with van der Waals surface area (Å²) in [6.45, 7) is 4.01. The van der Waals surface area contributed by atoms with Crippen LogP contribution in [-0.4, -0.2) is 46.4 Å². The van der Waals surface area contributed by atoms with Gasteiger partial charge in [-0.3, -0.25) is 14.4 Å². The molecule has 8 heteroatoms. The standard InChI is InChI=1S/C30H36N4O4/c1-19-10-15-25-24(16-19)27(31-20(2)35)28-30(37)34(17-21-11-13-23(38-3)14-12-21)26(18-33(25)28)29(36)32-22-8-6-4-5-7-9-22/h10-16,22,26H,4-9,17-18H2,1-3H3,(H,31,35)(H,32,36). The summed E-state index contributed by atoms with van der Waals surface area (Å²) in [6, 6.07) is 12.9. The molecular formula is C30H36N4O4. The Morgan fingerprint density at radius 3 is 2.39 bits per heavy atom. The van der Waals surface area contributed by atoms with Gasteiger partial charge in [0.2, 0.25) is 11.8 Å². The highest BCUT2D eigenvalue weighted by molar-refractivity contribution is 6.14. The number of methoxy groups -OCH3 is 1. The van der Waals surface area contributed by atoms with Crippen LogP contribution in [0.5, 0.6) is 5.75 Å². The van der Waals surface area contributed by atoms with Gasteiger partial charge in [0, 0.05) is 24.9 Å². The quantitative estimate of drug-likeness (QED) is 0.461. The molecule has 200 valence electrons. The van der Waals surface area contributed by atoms with E-state index in [1.807, 2.05) is 54.0 Å². The first-order valence-corrected chi connectivity index (χ1v) is 13.5. The van der Waals surface area contributed by atoms with Crippen molar-refractivity contribution in [3.8, 4) is 5.75 Å². The lowest BCUT2D eigenvalue weighted by Crippen LogP contribution is -2.56. The summed E-state index contributed by atoms with van der Waals surface area (Å²) in [4.78, 5) is 41.8. The van der Waals surface area contributed by atoms with Crippen LogP contribution in [0.4, 0.5) is 5.69 Å². The number of benzene rings is 2. The van der Waals surface area contributed by atoms with Crippen LogP contribution in [0.2, 0.25) is 0 Å².